The van der Waals surface area contributed by atoms with Gasteiger partial charge >= 0.3 is 17.6 Å². The molecular formula is C30H40O7. The minimum Gasteiger partial charge on any atom is -0.462 e. The Morgan fingerprint density at radius 3 is 2.57 bits per heavy atom. The molecule has 10 atom stereocenters. The number of carbonyl (C=O) groups is 2. The lowest BCUT2D eigenvalue weighted by atomic mass is 9.44. The average Bonchev–Trinajstić information content (AvgIpc) is 3.55. The third kappa shape index (κ3) is 3.59. The second-order valence-electron chi connectivity index (χ2n) is 12.9. The van der Waals surface area contributed by atoms with Crippen LogP contribution in [0.2, 0.25) is 0 Å². The zero-order chi connectivity index (χ0) is 26.2. The van der Waals surface area contributed by atoms with Crippen molar-refractivity contribution in [3.63, 3.8) is 0 Å². The fourth-order valence-electron chi connectivity index (χ4n) is 9.64. The molecular weight excluding hydrogens is 472 g/mol. The molecule has 37 heavy (non-hydrogen) atoms. The Morgan fingerprint density at radius 2 is 1.86 bits per heavy atom. The first-order valence-electron chi connectivity index (χ1n) is 14.3. The van der Waals surface area contributed by atoms with Crippen molar-refractivity contribution in [2.24, 2.45) is 28.6 Å². The van der Waals surface area contributed by atoms with Crippen LogP contribution in [0.15, 0.2) is 27.6 Å². The normalized spacial score (nSPS) is 45.6. The lowest BCUT2D eigenvalue weighted by Crippen LogP contribution is -2.58. The average molecular weight is 513 g/mol. The molecule has 0 bridgehead atoms. The first-order chi connectivity index (χ1) is 17.6. The molecule has 1 aliphatic heterocycles. The summed E-state index contributed by atoms with van der Waals surface area (Å²) in [6.45, 7) is 8.25. The van der Waals surface area contributed by atoms with Gasteiger partial charge in [0.05, 0.1) is 6.26 Å². The molecule has 7 heteroatoms. The van der Waals surface area contributed by atoms with E-state index in [1.54, 1.807) is 6.26 Å². The van der Waals surface area contributed by atoms with Crippen molar-refractivity contribution in [1.29, 1.82) is 0 Å². The number of fused-ring (bicyclic) bond motifs is 3. The summed E-state index contributed by atoms with van der Waals surface area (Å²) in [5.41, 5.74) is 0.191. The molecule has 4 saturated carbocycles. The van der Waals surface area contributed by atoms with Gasteiger partial charge in [0, 0.05) is 30.7 Å². The number of esters is 2. The third-order valence-corrected chi connectivity index (χ3v) is 11.2. The molecule has 6 rings (SSSR count). The van der Waals surface area contributed by atoms with Gasteiger partial charge in [0.15, 0.2) is 0 Å². The topological polar surface area (TPSA) is 95.3 Å². The highest BCUT2D eigenvalue weighted by molar-refractivity contribution is 5.69. The van der Waals surface area contributed by atoms with Crippen LogP contribution in [0.25, 0.3) is 0 Å². The van der Waals surface area contributed by atoms with Crippen LogP contribution in [0.1, 0.15) is 97.0 Å². The Labute approximate surface area is 218 Å². The van der Waals surface area contributed by atoms with E-state index in [-0.39, 0.29) is 58.2 Å². The molecule has 5 aliphatic rings. The van der Waals surface area contributed by atoms with Crippen LogP contribution in [-0.4, -0.2) is 35.9 Å². The maximum absolute atomic E-state index is 12.2. The van der Waals surface area contributed by atoms with E-state index in [9.17, 15) is 14.4 Å². The van der Waals surface area contributed by atoms with Gasteiger partial charge in [-0.05, 0) is 86.2 Å². The minimum absolute atomic E-state index is 0.0440. The Morgan fingerprint density at radius 1 is 1.05 bits per heavy atom. The van der Waals surface area contributed by atoms with E-state index >= 15 is 0 Å². The Hall–Kier alpha value is -2.15. The monoisotopic (exact) mass is 512 g/mol. The summed E-state index contributed by atoms with van der Waals surface area (Å²) in [5, 5.41) is 0. The van der Waals surface area contributed by atoms with Crippen molar-refractivity contribution in [2.75, 3.05) is 0 Å². The summed E-state index contributed by atoms with van der Waals surface area (Å²) in [7, 11) is 0. The molecule has 0 aromatic carbocycles. The molecule has 2 heterocycles. The number of hydrogen-bond donors (Lipinski definition) is 0. The van der Waals surface area contributed by atoms with Gasteiger partial charge in [-0.2, -0.15) is 0 Å². The van der Waals surface area contributed by atoms with Crippen molar-refractivity contribution in [1.82, 2.24) is 0 Å². The van der Waals surface area contributed by atoms with Crippen molar-refractivity contribution in [2.45, 2.75) is 115 Å². The molecule has 0 N–H and O–H groups in total. The summed E-state index contributed by atoms with van der Waals surface area (Å²) < 4.78 is 23.8. The highest BCUT2D eigenvalue weighted by atomic mass is 16.7. The molecule has 5 fully saturated rings. The molecule has 1 aromatic heterocycles. The number of carbonyl (C=O) groups excluding carboxylic acids is 2. The van der Waals surface area contributed by atoms with Crippen molar-refractivity contribution < 1.29 is 28.2 Å². The lowest BCUT2D eigenvalue weighted by molar-refractivity contribution is -0.168. The summed E-state index contributed by atoms with van der Waals surface area (Å²) in [4.78, 5) is 36.0. The number of ether oxygens (including phenoxy) is 3. The van der Waals surface area contributed by atoms with Crippen LogP contribution in [-0.2, 0) is 23.8 Å². The standard InChI is InChI=1S/C30H40O7/c1-5-6-24(33)36-20-11-13-28(3)19(15-20)8-9-22-21(28)12-14-29(4)25(18-7-10-23(32)34-16-18)26(35-17(2)31)27-30(22,29)37-27/h7,10,16,19-22,25-27H,5-6,8-9,11-15H2,1-4H3/t19-,20+,21+,22-,25+,26-,27-,28+,29-,30-/m1/s1. The van der Waals surface area contributed by atoms with Gasteiger partial charge in [0.2, 0.25) is 0 Å². The molecule has 7 nitrogen and oxygen atoms in total. The van der Waals surface area contributed by atoms with Crippen LogP contribution >= 0.6 is 0 Å². The van der Waals surface area contributed by atoms with Crippen LogP contribution in [0, 0.1) is 28.6 Å². The number of rotatable bonds is 5. The largest absolute Gasteiger partial charge is 0.462 e. The molecule has 1 saturated heterocycles. The molecule has 202 valence electrons. The molecule has 1 spiro atoms. The first kappa shape index (κ1) is 25.1. The van der Waals surface area contributed by atoms with E-state index < -0.39 is 0 Å². The van der Waals surface area contributed by atoms with Crippen LogP contribution < -0.4 is 5.63 Å². The van der Waals surface area contributed by atoms with Gasteiger partial charge in [-0.3, -0.25) is 9.59 Å². The maximum atomic E-state index is 12.2. The van der Waals surface area contributed by atoms with Gasteiger partial charge in [0.1, 0.15) is 23.9 Å². The third-order valence-electron chi connectivity index (χ3n) is 11.2. The Balaban J connectivity index is 1.29. The summed E-state index contributed by atoms with van der Waals surface area (Å²) >= 11 is 0. The summed E-state index contributed by atoms with van der Waals surface area (Å²) in [6, 6.07) is 3.30. The van der Waals surface area contributed by atoms with Gasteiger partial charge in [-0.1, -0.05) is 20.8 Å². The molecule has 4 aliphatic carbocycles. The van der Waals surface area contributed by atoms with Crippen molar-refractivity contribution in [3.8, 4) is 0 Å². The predicted molar refractivity (Wildman–Crippen MR) is 135 cm³/mol. The molecule has 1 aromatic rings. The fraction of sp³-hybridized carbons (Fsp3) is 0.767. The lowest BCUT2D eigenvalue weighted by Gasteiger charge is -2.61. The van der Waals surface area contributed by atoms with Gasteiger partial charge in [0.25, 0.3) is 0 Å². The fourth-order valence-corrected chi connectivity index (χ4v) is 9.64. The van der Waals surface area contributed by atoms with Crippen LogP contribution in [0.5, 0.6) is 0 Å². The molecule has 0 radical (unpaired) electrons. The summed E-state index contributed by atoms with van der Waals surface area (Å²) in [6.07, 6.45) is 9.64. The SMILES string of the molecule is CCCC(=O)O[C@H]1CC[C@@]2(C)[C@H](CC[C@@H]3[C@@H]2CC[C@]2(C)[C@@H](c4ccc(=O)oc4)[C@@H](OC(C)=O)[C@H]4O[C@]342)C1. The highest BCUT2D eigenvalue weighted by Crippen LogP contribution is 2.78. The minimum atomic E-state index is -0.381. The Bertz CT molecular complexity index is 1120. The highest BCUT2D eigenvalue weighted by Gasteiger charge is 2.84. The molecule has 0 amide bonds. The van der Waals surface area contributed by atoms with Gasteiger partial charge in [-0.15, -0.1) is 0 Å². The zero-order valence-corrected chi connectivity index (χ0v) is 22.5. The first-order valence-corrected chi connectivity index (χ1v) is 14.3. The van der Waals surface area contributed by atoms with E-state index in [0.29, 0.717) is 24.2 Å². The number of epoxide rings is 1. The molecule has 0 unspecified atom stereocenters. The van der Waals surface area contributed by atoms with E-state index in [0.717, 1.165) is 56.9 Å². The second-order valence-corrected chi connectivity index (χ2v) is 12.9. The summed E-state index contributed by atoms with van der Waals surface area (Å²) in [5.74, 6) is 1.04. The predicted octanol–water partition coefficient (Wildman–Crippen LogP) is 5.15. The van der Waals surface area contributed by atoms with E-state index in [2.05, 4.69) is 13.8 Å². The van der Waals surface area contributed by atoms with Crippen molar-refractivity contribution >= 4 is 11.9 Å². The van der Waals surface area contributed by atoms with Gasteiger partial charge < -0.3 is 18.6 Å². The zero-order valence-electron chi connectivity index (χ0n) is 22.5. The smallest absolute Gasteiger partial charge is 0.335 e. The number of hydrogen-bond acceptors (Lipinski definition) is 7. The second kappa shape index (κ2) is 8.69. The van der Waals surface area contributed by atoms with E-state index in [4.69, 9.17) is 18.6 Å². The van der Waals surface area contributed by atoms with Gasteiger partial charge in [-0.25, -0.2) is 4.79 Å². The van der Waals surface area contributed by atoms with E-state index in [1.165, 1.54) is 13.0 Å². The van der Waals surface area contributed by atoms with E-state index in [1.807, 2.05) is 13.0 Å². The Kier molecular flexibility index (Phi) is 5.90. The maximum Gasteiger partial charge on any atom is 0.335 e. The quantitative estimate of drug-likeness (QED) is 0.398. The van der Waals surface area contributed by atoms with Crippen LogP contribution in [0.3, 0.4) is 0 Å². The van der Waals surface area contributed by atoms with Crippen LogP contribution in [0.4, 0.5) is 0 Å². The van der Waals surface area contributed by atoms with Crippen molar-refractivity contribution in [3.05, 3.63) is 34.4 Å².